The lowest BCUT2D eigenvalue weighted by atomic mass is 10.1. The summed E-state index contributed by atoms with van der Waals surface area (Å²) in [4.78, 5) is 26.9. The third kappa shape index (κ3) is 3.74. The molecular weight excluding hydrogens is 366 g/mol. The van der Waals surface area contributed by atoms with Crippen LogP contribution in [0.15, 0.2) is 71.3 Å². The first-order valence-electron chi connectivity index (χ1n) is 9.63. The molecule has 1 aliphatic heterocycles. The maximum Gasteiger partial charge on any atom is 0.256 e. The molecule has 0 fully saturated rings. The molecule has 1 unspecified atom stereocenters. The molecule has 1 aromatic heterocycles. The van der Waals surface area contributed by atoms with Crippen LogP contribution in [0.2, 0.25) is 0 Å². The Hall–Kier alpha value is -3.54. The van der Waals surface area contributed by atoms with Gasteiger partial charge in [0.25, 0.3) is 11.8 Å². The molecule has 0 aliphatic carbocycles. The predicted octanol–water partition coefficient (Wildman–Crippen LogP) is 4.18. The Bertz CT molecular complexity index is 1010. The van der Waals surface area contributed by atoms with E-state index in [1.165, 1.54) is 0 Å². The second-order valence-corrected chi connectivity index (χ2v) is 7.28. The zero-order valence-electron chi connectivity index (χ0n) is 16.4. The van der Waals surface area contributed by atoms with Crippen molar-refractivity contribution in [1.82, 2.24) is 10.2 Å². The number of nitrogens with one attached hydrogen (secondary N) is 2. The lowest BCUT2D eigenvalue weighted by molar-refractivity contribution is 0.0685. The molecule has 1 atom stereocenters. The van der Waals surface area contributed by atoms with Crippen LogP contribution in [0, 0.1) is 0 Å². The Kier molecular flexibility index (Phi) is 5.08. The summed E-state index contributed by atoms with van der Waals surface area (Å²) in [6, 6.07) is 18.6. The molecule has 148 valence electrons. The van der Waals surface area contributed by atoms with Crippen molar-refractivity contribution in [2.45, 2.75) is 32.6 Å². The number of amides is 2. The molecule has 0 saturated carbocycles. The maximum atomic E-state index is 12.8. The average Bonchev–Trinajstić information content (AvgIpc) is 3.34. The quantitative estimate of drug-likeness (QED) is 0.663. The first-order valence-corrected chi connectivity index (χ1v) is 9.63. The highest BCUT2D eigenvalue weighted by molar-refractivity contribution is 5.99. The SMILES string of the molecule is CC(C)N1C(=O)c2ccccc2C1Nc1ccc(C(=O)NCc2ccco2)cc1. The monoisotopic (exact) mass is 389 g/mol. The summed E-state index contributed by atoms with van der Waals surface area (Å²) in [5.41, 5.74) is 3.09. The highest BCUT2D eigenvalue weighted by Crippen LogP contribution is 2.35. The molecule has 2 amide bonds. The van der Waals surface area contributed by atoms with Crippen molar-refractivity contribution in [2.75, 3.05) is 5.32 Å². The van der Waals surface area contributed by atoms with Crippen LogP contribution in [0.25, 0.3) is 0 Å². The van der Waals surface area contributed by atoms with Gasteiger partial charge in [-0.05, 0) is 56.3 Å². The van der Waals surface area contributed by atoms with E-state index in [1.54, 1.807) is 24.5 Å². The molecule has 6 heteroatoms. The standard InChI is InChI=1S/C23H23N3O3/c1-15(2)26-21(19-7-3-4-8-20(19)23(26)28)25-17-11-9-16(10-12-17)22(27)24-14-18-6-5-13-29-18/h3-13,15,21,25H,14H2,1-2H3,(H,24,27). The molecule has 2 heterocycles. The lowest BCUT2D eigenvalue weighted by Crippen LogP contribution is -2.37. The van der Waals surface area contributed by atoms with E-state index in [0.29, 0.717) is 17.9 Å². The summed E-state index contributed by atoms with van der Waals surface area (Å²) < 4.78 is 5.22. The van der Waals surface area contributed by atoms with Gasteiger partial charge in [0, 0.05) is 28.4 Å². The molecule has 3 aromatic rings. The zero-order valence-corrected chi connectivity index (χ0v) is 16.4. The van der Waals surface area contributed by atoms with Crippen molar-refractivity contribution in [3.05, 3.63) is 89.4 Å². The minimum atomic E-state index is -0.239. The van der Waals surface area contributed by atoms with E-state index >= 15 is 0 Å². The molecule has 2 N–H and O–H groups in total. The Balaban J connectivity index is 1.48. The van der Waals surface area contributed by atoms with E-state index in [1.807, 2.05) is 61.2 Å². The smallest absolute Gasteiger partial charge is 0.256 e. The maximum absolute atomic E-state index is 12.8. The number of hydrogen-bond acceptors (Lipinski definition) is 4. The number of benzene rings is 2. The second kappa shape index (κ2) is 7.83. The molecule has 29 heavy (non-hydrogen) atoms. The third-order valence-electron chi connectivity index (χ3n) is 5.01. The van der Waals surface area contributed by atoms with Gasteiger partial charge in [-0.2, -0.15) is 0 Å². The van der Waals surface area contributed by atoms with E-state index in [0.717, 1.165) is 16.8 Å². The molecule has 1 aliphatic rings. The van der Waals surface area contributed by atoms with Crippen molar-refractivity contribution in [3.63, 3.8) is 0 Å². The highest BCUT2D eigenvalue weighted by Gasteiger charge is 2.37. The van der Waals surface area contributed by atoms with E-state index in [2.05, 4.69) is 10.6 Å². The number of fused-ring (bicyclic) bond motifs is 1. The van der Waals surface area contributed by atoms with Crippen molar-refractivity contribution in [2.24, 2.45) is 0 Å². The van der Waals surface area contributed by atoms with Crippen LogP contribution in [0.5, 0.6) is 0 Å². The van der Waals surface area contributed by atoms with Crippen LogP contribution in [-0.2, 0) is 6.54 Å². The van der Waals surface area contributed by atoms with Gasteiger partial charge in [0.2, 0.25) is 0 Å². The number of carbonyl (C=O) groups excluding carboxylic acids is 2. The topological polar surface area (TPSA) is 74.6 Å². The van der Waals surface area contributed by atoms with Gasteiger partial charge in [0.15, 0.2) is 0 Å². The van der Waals surface area contributed by atoms with Gasteiger partial charge in [-0.1, -0.05) is 18.2 Å². The molecule has 0 radical (unpaired) electrons. The summed E-state index contributed by atoms with van der Waals surface area (Å²) in [5.74, 6) is 0.565. The molecule has 0 spiro atoms. The summed E-state index contributed by atoms with van der Waals surface area (Å²) in [6.07, 6.45) is 1.34. The van der Waals surface area contributed by atoms with Crippen LogP contribution in [0.1, 0.15) is 52.1 Å². The predicted molar refractivity (Wildman–Crippen MR) is 110 cm³/mol. The molecule has 4 rings (SSSR count). The Morgan fingerprint density at radius 3 is 2.52 bits per heavy atom. The minimum absolute atomic E-state index is 0.0297. The second-order valence-electron chi connectivity index (χ2n) is 7.28. The van der Waals surface area contributed by atoms with Gasteiger partial charge < -0.3 is 20.0 Å². The normalized spacial score (nSPS) is 15.5. The number of rotatable bonds is 6. The van der Waals surface area contributed by atoms with Gasteiger partial charge >= 0.3 is 0 Å². The molecular formula is C23H23N3O3. The minimum Gasteiger partial charge on any atom is -0.467 e. The molecule has 0 bridgehead atoms. The summed E-state index contributed by atoms with van der Waals surface area (Å²) in [6.45, 7) is 4.35. The largest absolute Gasteiger partial charge is 0.467 e. The van der Waals surface area contributed by atoms with Gasteiger partial charge in [0.05, 0.1) is 12.8 Å². The average molecular weight is 389 g/mol. The van der Waals surface area contributed by atoms with Gasteiger partial charge in [-0.25, -0.2) is 0 Å². The fourth-order valence-corrected chi connectivity index (χ4v) is 3.57. The fraction of sp³-hybridized carbons (Fsp3) is 0.217. The van der Waals surface area contributed by atoms with E-state index in [9.17, 15) is 9.59 Å². The molecule has 6 nitrogen and oxygen atoms in total. The molecule has 2 aromatic carbocycles. The Labute approximate surface area is 169 Å². The van der Waals surface area contributed by atoms with Crippen LogP contribution < -0.4 is 10.6 Å². The van der Waals surface area contributed by atoms with Crippen molar-refractivity contribution in [1.29, 1.82) is 0 Å². The van der Waals surface area contributed by atoms with Crippen LogP contribution >= 0.6 is 0 Å². The van der Waals surface area contributed by atoms with Gasteiger partial charge in [0.1, 0.15) is 11.9 Å². The number of hydrogen-bond donors (Lipinski definition) is 2. The Morgan fingerprint density at radius 1 is 1.07 bits per heavy atom. The van der Waals surface area contributed by atoms with E-state index < -0.39 is 0 Å². The highest BCUT2D eigenvalue weighted by atomic mass is 16.3. The van der Waals surface area contributed by atoms with E-state index in [4.69, 9.17) is 4.42 Å². The summed E-state index contributed by atoms with van der Waals surface area (Å²) >= 11 is 0. The Morgan fingerprint density at radius 2 is 1.83 bits per heavy atom. The van der Waals surface area contributed by atoms with Crippen molar-refractivity contribution in [3.8, 4) is 0 Å². The van der Waals surface area contributed by atoms with Gasteiger partial charge in [-0.15, -0.1) is 0 Å². The number of furan rings is 1. The first kappa shape index (κ1) is 18.8. The van der Waals surface area contributed by atoms with Gasteiger partial charge in [-0.3, -0.25) is 9.59 Å². The zero-order chi connectivity index (χ0) is 20.4. The van der Waals surface area contributed by atoms with Crippen LogP contribution in [0.4, 0.5) is 5.69 Å². The van der Waals surface area contributed by atoms with Crippen molar-refractivity contribution < 1.29 is 14.0 Å². The van der Waals surface area contributed by atoms with Crippen molar-refractivity contribution >= 4 is 17.5 Å². The number of nitrogens with zero attached hydrogens (tertiary/aromatic N) is 1. The fourth-order valence-electron chi connectivity index (χ4n) is 3.57. The molecule has 0 saturated heterocycles. The van der Waals surface area contributed by atoms with Crippen LogP contribution in [-0.4, -0.2) is 22.8 Å². The number of carbonyl (C=O) groups is 2. The number of anilines is 1. The summed E-state index contributed by atoms with van der Waals surface area (Å²) in [7, 11) is 0. The third-order valence-corrected chi connectivity index (χ3v) is 5.01. The summed E-state index contributed by atoms with van der Waals surface area (Å²) in [5, 5.41) is 6.27. The lowest BCUT2D eigenvalue weighted by Gasteiger charge is -2.30. The first-order chi connectivity index (χ1) is 14.0. The van der Waals surface area contributed by atoms with E-state index in [-0.39, 0.29) is 24.0 Å². The van der Waals surface area contributed by atoms with Crippen LogP contribution in [0.3, 0.4) is 0 Å².